The first-order chi connectivity index (χ1) is 13.1. The highest BCUT2D eigenvalue weighted by molar-refractivity contribution is 14.1. The fourth-order valence-corrected chi connectivity index (χ4v) is 3.92. The summed E-state index contributed by atoms with van der Waals surface area (Å²) in [7, 11) is 0. The maximum atomic E-state index is 13.7. The summed E-state index contributed by atoms with van der Waals surface area (Å²) in [5, 5.41) is 5.01. The Morgan fingerprint density at radius 3 is 2.78 bits per heavy atom. The van der Waals surface area contributed by atoms with Gasteiger partial charge in [-0.2, -0.15) is 0 Å². The molecule has 0 fully saturated rings. The molecule has 0 bridgehead atoms. The Morgan fingerprint density at radius 1 is 1.22 bits per heavy atom. The van der Waals surface area contributed by atoms with Crippen molar-refractivity contribution in [3.05, 3.63) is 75.1 Å². The molecule has 7 heteroatoms. The summed E-state index contributed by atoms with van der Waals surface area (Å²) in [5.74, 6) is 0.343. The number of nitrogens with one attached hydrogen (secondary N) is 1. The summed E-state index contributed by atoms with van der Waals surface area (Å²) in [6, 6.07) is 14.4. The van der Waals surface area contributed by atoms with Crippen LogP contribution in [0.2, 0.25) is 0 Å². The lowest BCUT2D eigenvalue weighted by Gasteiger charge is -2.25. The molecule has 4 nitrogen and oxygen atoms in total. The van der Waals surface area contributed by atoms with E-state index in [-0.39, 0.29) is 23.7 Å². The van der Waals surface area contributed by atoms with Crippen molar-refractivity contribution >= 4 is 40.3 Å². The molecule has 2 aromatic carbocycles. The molecule has 1 aliphatic heterocycles. The number of ether oxygens (including phenoxy) is 1. The molecule has 1 N–H and O–H groups in total. The van der Waals surface area contributed by atoms with Crippen molar-refractivity contribution in [3.8, 4) is 5.75 Å². The van der Waals surface area contributed by atoms with E-state index in [1.807, 2.05) is 41.9 Å². The van der Waals surface area contributed by atoms with E-state index in [9.17, 15) is 9.18 Å². The average Bonchev–Trinajstić information content (AvgIpc) is 3.13. The topological polar surface area (TPSA) is 41.6 Å². The van der Waals surface area contributed by atoms with E-state index >= 15 is 0 Å². The molecular formula is C20H20FIN2O2S. The normalized spacial score (nSPS) is 15.8. The molecule has 0 saturated heterocycles. The van der Waals surface area contributed by atoms with Gasteiger partial charge in [-0.15, -0.1) is 11.8 Å². The van der Waals surface area contributed by atoms with Gasteiger partial charge in [-0.05, 0) is 70.3 Å². The Labute approximate surface area is 176 Å². The van der Waals surface area contributed by atoms with Crippen LogP contribution < -0.4 is 10.1 Å². The van der Waals surface area contributed by atoms with Gasteiger partial charge in [0.2, 0.25) is 0 Å². The SMILES string of the molecule is O=C(COc1ccc(I)cc1)NCC1SC=CN1CCc1ccccc1F. The zero-order valence-electron chi connectivity index (χ0n) is 14.6. The van der Waals surface area contributed by atoms with Crippen molar-refractivity contribution in [1.29, 1.82) is 0 Å². The van der Waals surface area contributed by atoms with E-state index in [2.05, 4.69) is 32.8 Å². The minimum Gasteiger partial charge on any atom is -0.484 e. The Kier molecular flexibility index (Phi) is 7.40. The van der Waals surface area contributed by atoms with Gasteiger partial charge >= 0.3 is 0 Å². The van der Waals surface area contributed by atoms with E-state index in [1.165, 1.54) is 6.07 Å². The molecule has 0 saturated carbocycles. The van der Waals surface area contributed by atoms with Crippen LogP contribution in [0.3, 0.4) is 0 Å². The van der Waals surface area contributed by atoms with Crippen LogP contribution in [0.25, 0.3) is 0 Å². The molecule has 1 unspecified atom stereocenters. The number of benzene rings is 2. The van der Waals surface area contributed by atoms with E-state index in [0.29, 0.717) is 30.8 Å². The molecule has 0 aromatic heterocycles. The Hall–Kier alpha value is -1.74. The minimum atomic E-state index is -0.175. The van der Waals surface area contributed by atoms with Crippen LogP contribution in [-0.4, -0.2) is 35.9 Å². The first kappa shape index (κ1) is 20.0. The van der Waals surface area contributed by atoms with Gasteiger partial charge in [-0.25, -0.2) is 4.39 Å². The minimum absolute atomic E-state index is 0.0133. The summed E-state index contributed by atoms with van der Waals surface area (Å²) in [4.78, 5) is 14.2. The number of carbonyl (C=O) groups excluding carboxylic acids is 1. The van der Waals surface area contributed by atoms with Crippen molar-refractivity contribution in [2.24, 2.45) is 0 Å². The van der Waals surface area contributed by atoms with Gasteiger partial charge < -0.3 is 15.0 Å². The van der Waals surface area contributed by atoms with Crippen LogP contribution in [0.15, 0.2) is 60.1 Å². The van der Waals surface area contributed by atoms with E-state index in [1.54, 1.807) is 23.9 Å². The Morgan fingerprint density at radius 2 is 2.00 bits per heavy atom. The molecule has 1 aliphatic rings. The van der Waals surface area contributed by atoms with Crippen molar-refractivity contribution < 1.29 is 13.9 Å². The quantitative estimate of drug-likeness (QED) is 0.559. The maximum absolute atomic E-state index is 13.7. The summed E-state index contributed by atoms with van der Waals surface area (Å²) < 4.78 is 20.4. The molecule has 1 atom stereocenters. The third-order valence-electron chi connectivity index (χ3n) is 4.11. The van der Waals surface area contributed by atoms with Crippen LogP contribution in [0.4, 0.5) is 4.39 Å². The molecule has 0 aliphatic carbocycles. The fourth-order valence-electron chi connectivity index (χ4n) is 2.64. The van der Waals surface area contributed by atoms with E-state index in [4.69, 9.17) is 4.74 Å². The zero-order chi connectivity index (χ0) is 19.1. The van der Waals surface area contributed by atoms with Crippen LogP contribution >= 0.6 is 34.4 Å². The molecular weight excluding hydrogens is 478 g/mol. The van der Waals surface area contributed by atoms with Crippen molar-refractivity contribution in [1.82, 2.24) is 10.2 Å². The molecule has 0 radical (unpaired) electrons. The van der Waals surface area contributed by atoms with Gasteiger partial charge in [0.15, 0.2) is 6.61 Å². The highest BCUT2D eigenvalue weighted by Crippen LogP contribution is 2.25. The van der Waals surface area contributed by atoms with Gasteiger partial charge in [0.25, 0.3) is 5.91 Å². The predicted octanol–water partition coefficient (Wildman–Crippen LogP) is 4.01. The van der Waals surface area contributed by atoms with Crippen LogP contribution in [0.1, 0.15) is 5.56 Å². The number of thioether (sulfide) groups is 1. The van der Waals surface area contributed by atoms with Crippen molar-refractivity contribution in [2.75, 3.05) is 19.7 Å². The number of nitrogens with zero attached hydrogens (tertiary/aromatic N) is 1. The van der Waals surface area contributed by atoms with Crippen molar-refractivity contribution in [3.63, 3.8) is 0 Å². The standard InChI is InChI=1S/C20H20FIN2O2S/c21-18-4-2-1-3-15(18)9-10-24-11-12-27-20(24)13-23-19(25)14-26-17-7-5-16(22)6-8-17/h1-8,11-12,20H,9-10,13-14H2,(H,23,25). The lowest BCUT2D eigenvalue weighted by atomic mass is 10.1. The Bertz CT molecular complexity index is 801. The highest BCUT2D eigenvalue weighted by Gasteiger charge is 2.20. The molecule has 2 aromatic rings. The molecule has 3 rings (SSSR count). The summed E-state index contributed by atoms with van der Waals surface area (Å²) in [6.45, 7) is 1.19. The number of hydrogen-bond acceptors (Lipinski definition) is 4. The van der Waals surface area contributed by atoms with Gasteiger partial charge in [0, 0.05) is 22.9 Å². The molecule has 1 heterocycles. The monoisotopic (exact) mass is 498 g/mol. The first-order valence-electron chi connectivity index (χ1n) is 8.58. The van der Waals surface area contributed by atoms with E-state index in [0.717, 1.165) is 3.57 Å². The molecule has 142 valence electrons. The third kappa shape index (κ3) is 6.14. The first-order valence-corrected chi connectivity index (χ1v) is 10.6. The summed E-state index contributed by atoms with van der Waals surface area (Å²) >= 11 is 3.86. The van der Waals surface area contributed by atoms with Gasteiger partial charge in [0.1, 0.15) is 11.6 Å². The van der Waals surface area contributed by atoms with Crippen LogP contribution in [0, 0.1) is 9.39 Å². The fraction of sp³-hybridized carbons (Fsp3) is 0.250. The predicted molar refractivity (Wildman–Crippen MR) is 115 cm³/mol. The number of halogens is 2. The number of amides is 1. The van der Waals surface area contributed by atoms with Gasteiger partial charge in [0.05, 0.1) is 5.37 Å². The smallest absolute Gasteiger partial charge is 0.258 e. The molecule has 1 amide bonds. The van der Waals surface area contributed by atoms with E-state index < -0.39 is 0 Å². The van der Waals surface area contributed by atoms with Gasteiger partial charge in [-0.3, -0.25) is 4.79 Å². The molecule has 0 spiro atoms. The number of hydrogen-bond donors (Lipinski definition) is 1. The zero-order valence-corrected chi connectivity index (χ0v) is 17.6. The number of carbonyl (C=O) groups is 1. The number of rotatable bonds is 8. The van der Waals surface area contributed by atoms with Crippen molar-refractivity contribution in [2.45, 2.75) is 11.8 Å². The maximum Gasteiger partial charge on any atom is 0.258 e. The van der Waals surface area contributed by atoms with Crippen LogP contribution in [0.5, 0.6) is 5.75 Å². The molecule has 27 heavy (non-hydrogen) atoms. The van der Waals surface area contributed by atoms with Gasteiger partial charge in [-0.1, -0.05) is 18.2 Å². The van der Waals surface area contributed by atoms with Crippen LogP contribution in [-0.2, 0) is 11.2 Å². The second-order valence-corrected chi connectivity index (χ2v) is 8.34. The summed E-state index contributed by atoms with van der Waals surface area (Å²) in [5.41, 5.74) is 0.705. The lowest BCUT2D eigenvalue weighted by molar-refractivity contribution is -0.123. The third-order valence-corrected chi connectivity index (χ3v) is 5.86. The second-order valence-electron chi connectivity index (χ2n) is 6.00. The Balaban J connectivity index is 1.41. The lowest BCUT2D eigenvalue weighted by Crippen LogP contribution is -2.40. The largest absolute Gasteiger partial charge is 0.484 e. The average molecular weight is 498 g/mol. The second kappa shape index (κ2) is 9.98. The summed E-state index contributed by atoms with van der Waals surface area (Å²) in [6.07, 6.45) is 2.61. The highest BCUT2D eigenvalue weighted by atomic mass is 127.